The maximum Gasteiger partial charge on any atom is 0.175 e. The summed E-state index contributed by atoms with van der Waals surface area (Å²) in [6.45, 7) is 5.30. The molecule has 34 heavy (non-hydrogen) atoms. The second-order valence-corrected chi connectivity index (χ2v) is 11.6. The molecule has 0 aliphatic carbocycles. The van der Waals surface area contributed by atoms with Gasteiger partial charge in [-0.3, -0.25) is 0 Å². The molecule has 0 amide bonds. The van der Waals surface area contributed by atoms with Gasteiger partial charge >= 0.3 is 0 Å². The molecule has 0 saturated carbocycles. The minimum absolute atomic E-state index is 0.273. The summed E-state index contributed by atoms with van der Waals surface area (Å²) < 4.78 is 25.6. The van der Waals surface area contributed by atoms with E-state index in [1.165, 1.54) is 6.26 Å². The number of hydrogen-bond donors (Lipinski definition) is 1. The number of halogens is 2. The molecule has 4 aromatic rings. The third-order valence-electron chi connectivity index (χ3n) is 5.58. The Hall–Kier alpha value is -2.64. The minimum atomic E-state index is -3.31. The maximum absolute atomic E-state index is 12.0. The van der Waals surface area contributed by atoms with Crippen LogP contribution in [0.4, 0.5) is 0 Å². The normalized spacial score (nSPS) is 12.2. The van der Waals surface area contributed by atoms with E-state index in [1.54, 1.807) is 54.9 Å². The lowest BCUT2D eigenvalue weighted by Crippen LogP contribution is -2.16. The SMILES string of the molecule is Cc1cc(-c2cc(C(C)(C)O)nn2-c2c(Cl)cccc2Cl)ccc1-c1cccc(S(C)(=O)=O)c1. The third-order valence-corrected chi connectivity index (χ3v) is 7.30. The van der Waals surface area contributed by atoms with Gasteiger partial charge in [0, 0.05) is 11.8 Å². The van der Waals surface area contributed by atoms with Gasteiger partial charge in [0.1, 0.15) is 11.3 Å². The summed E-state index contributed by atoms with van der Waals surface area (Å²) in [5, 5.41) is 16.1. The van der Waals surface area contributed by atoms with E-state index >= 15 is 0 Å². The molecule has 5 nitrogen and oxygen atoms in total. The Labute approximate surface area is 209 Å². The van der Waals surface area contributed by atoms with Crippen LogP contribution in [-0.2, 0) is 15.4 Å². The summed E-state index contributed by atoms with van der Waals surface area (Å²) in [6.07, 6.45) is 1.20. The van der Waals surface area contributed by atoms with Crippen LogP contribution in [0.3, 0.4) is 0 Å². The second-order valence-electron chi connectivity index (χ2n) is 8.79. The van der Waals surface area contributed by atoms with Gasteiger partial charge in [-0.05, 0) is 73.9 Å². The van der Waals surface area contributed by atoms with Crippen molar-refractivity contribution in [3.8, 4) is 28.1 Å². The Morgan fingerprint density at radius 1 is 0.912 bits per heavy atom. The molecular weight excluding hydrogens is 491 g/mol. The number of aryl methyl sites for hydroxylation is 1. The fraction of sp³-hybridized carbons (Fsp3) is 0.192. The van der Waals surface area contributed by atoms with Gasteiger partial charge in [0.25, 0.3) is 0 Å². The van der Waals surface area contributed by atoms with E-state index in [0.29, 0.717) is 27.1 Å². The molecule has 176 valence electrons. The summed E-state index contributed by atoms with van der Waals surface area (Å²) in [7, 11) is -3.31. The summed E-state index contributed by atoms with van der Waals surface area (Å²) in [6, 6.07) is 19.8. The van der Waals surface area contributed by atoms with Crippen molar-refractivity contribution in [3.05, 3.63) is 88.0 Å². The van der Waals surface area contributed by atoms with Gasteiger partial charge in [0.2, 0.25) is 0 Å². The van der Waals surface area contributed by atoms with Crippen LogP contribution >= 0.6 is 23.2 Å². The largest absolute Gasteiger partial charge is 0.384 e. The molecule has 0 unspecified atom stereocenters. The Morgan fingerprint density at radius 2 is 1.56 bits per heavy atom. The van der Waals surface area contributed by atoms with Crippen molar-refractivity contribution >= 4 is 33.0 Å². The molecule has 1 N–H and O–H groups in total. The molecule has 0 aliphatic rings. The van der Waals surface area contributed by atoms with Crippen molar-refractivity contribution in [1.82, 2.24) is 9.78 Å². The molecule has 0 spiro atoms. The number of aliphatic hydroxyl groups is 1. The summed E-state index contributed by atoms with van der Waals surface area (Å²) in [5.74, 6) is 0. The van der Waals surface area contributed by atoms with Gasteiger partial charge in [-0.25, -0.2) is 13.1 Å². The predicted molar refractivity (Wildman–Crippen MR) is 138 cm³/mol. The van der Waals surface area contributed by atoms with Crippen LogP contribution in [0, 0.1) is 6.92 Å². The third kappa shape index (κ3) is 4.77. The molecule has 1 aromatic heterocycles. The molecule has 1 heterocycles. The topological polar surface area (TPSA) is 72.2 Å². The minimum Gasteiger partial charge on any atom is -0.384 e. The molecule has 0 atom stereocenters. The number of hydrogen-bond acceptors (Lipinski definition) is 4. The first kappa shape index (κ1) is 24.5. The van der Waals surface area contributed by atoms with E-state index in [9.17, 15) is 13.5 Å². The van der Waals surface area contributed by atoms with Gasteiger partial charge < -0.3 is 5.11 Å². The zero-order chi connectivity index (χ0) is 24.8. The zero-order valence-electron chi connectivity index (χ0n) is 19.2. The Balaban J connectivity index is 1.88. The zero-order valence-corrected chi connectivity index (χ0v) is 21.5. The summed E-state index contributed by atoms with van der Waals surface area (Å²) in [4.78, 5) is 0.273. The van der Waals surface area contributed by atoms with Crippen LogP contribution in [0.1, 0.15) is 25.1 Å². The van der Waals surface area contributed by atoms with Crippen molar-refractivity contribution < 1.29 is 13.5 Å². The van der Waals surface area contributed by atoms with Gasteiger partial charge in [0.15, 0.2) is 9.84 Å². The van der Waals surface area contributed by atoms with Crippen LogP contribution in [0.5, 0.6) is 0 Å². The van der Waals surface area contributed by atoms with E-state index in [1.807, 2.05) is 37.3 Å². The molecule has 0 radical (unpaired) electrons. The van der Waals surface area contributed by atoms with E-state index in [4.69, 9.17) is 23.2 Å². The number of para-hydroxylation sites is 1. The van der Waals surface area contributed by atoms with Gasteiger partial charge in [-0.1, -0.05) is 53.5 Å². The first-order valence-corrected chi connectivity index (χ1v) is 13.2. The van der Waals surface area contributed by atoms with Crippen LogP contribution in [-0.4, -0.2) is 29.6 Å². The Kier molecular flexibility index (Phi) is 6.38. The van der Waals surface area contributed by atoms with Crippen LogP contribution < -0.4 is 0 Å². The highest BCUT2D eigenvalue weighted by atomic mass is 35.5. The van der Waals surface area contributed by atoms with E-state index in [2.05, 4.69) is 5.10 Å². The lowest BCUT2D eigenvalue weighted by Gasteiger charge is -2.14. The molecule has 3 aromatic carbocycles. The molecule has 0 aliphatic heterocycles. The van der Waals surface area contributed by atoms with Crippen molar-refractivity contribution in [2.75, 3.05) is 6.26 Å². The molecule has 0 saturated heterocycles. The highest BCUT2D eigenvalue weighted by Crippen LogP contribution is 2.36. The fourth-order valence-electron chi connectivity index (χ4n) is 3.79. The van der Waals surface area contributed by atoms with Gasteiger partial charge in [0.05, 0.1) is 26.3 Å². The van der Waals surface area contributed by atoms with Gasteiger partial charge in [-0.2, -0.15) is 5.10 Å². The van der Waals surface area contributed by atoms with Crippen LogP contribution in [0.2, 0.25) is 10.0 Å². The second kappa shape index (κ2) is 8.86. The first-order valence-electron chi connectivity index (χ1n) is 10.5. The predicted octanol–water partition coefficient (Wildman–Crippen LogP) is 6.45. The standard InChI is InChI=1S/C26H24Cl2N2O3S/c1-16-13-18(11-12-20(16)17-7-5-8-19(14-17)34(4,32)33)23-15-24(26(2,3)31)29-30(23)25-21(27)9-6-10-22(25)28/h5-15,31H,1-4H3. The quantitative estimate of drug-likeness (QED) is 0.332. The molecule has 8 heteroatoms. The molecule has 0 fully saturated rings. The number of benzene rings is 3. The first-order chi connectivity index (χ1) is 15.9. The van der Waals surface area contributed by atoms with Crippen LogP contribution in [0.25, 0.3) is 28.1 Å². The monoisotopic (exact) mass is 514 g/mol. The smallest absolute Gasteiger partial charge is 0.175 e. The van der Waals surface area contributed by atoms with Crippen LogP contribution in [0.15, 0.2) is 71.6 Å². The molecule has 4 rings (SSSR count). The fourth-order valence-corrected chi connectivity index (χ4v) is 5.01. The van der Waals surface area contributed by atoms with E-state index in [0.717, 1.165) is 22.3 Å². The number of sulfone groups is 1. The average molecular weight is 515 g/mol. The van der Waals surface area contributed by atoms with E-state index < -0.39 is 15.4 Å². The van der Waals surface area contributed by atoms with Crippen molar-refractivity contribution in [3.63, 3.8) is 0 Å². The number of aromatic nitrogens is 2. The highest BCUT2D eigenvalue weighted by molar-refractivity contribution is 7.90. The van der Waals surface area contributed by atoms with Crippen molar-refractivity contribution in [2.45, 2.75) is 31.3 Å². The summed E-state index contributed by atoms with van der Waals surface area (Å²) >= 11 is 13.0. The van der Waals surface area contributed by atoms with Gasteiger partial charge in [-0.15, -0.1) is 0 Å². The van der Waals surface area contributed by atoms with E-state index in [-0.39, 0.29) is 4.90 Å². The average Bonchev–Trinajstić information content (AvgIpc) is 3.18. The number of rotatable bonds is 5. The summed E-state index contributed by atoms with van der Waals surface area (Å²) in [5.41, 5.74) is 4.07. The van der Waals surface area contributed by atoms with Crippen molar-refractivity contribution in [1.29, 1.82) is 0 Å². The maximum atomic E-state index is 12.0. The van der Waals surface area contributed by atoms with Crippen molar-refractivity contribution in [2.24, 2.45) is 0 Å². The molecular formula is C26H24Cl2N2O3S. The number of nitrogens with zero attached hydrogens (tertiary/aromatic N) is 2. The highest BCUT2D eigenvalue weighted by Gasteiger charge is 2.25. The Bertz CT molecular complexity index is 1480. The molecule has 0 bridgehead atoms. The Morgan fingerprint density at radius 3 is 2.15 bits per heavy atom. The lowest BCUT2D eigenvalue weighted by atomic mass is 9.97. The lowest BCUT2D eigenvalue weighted by molar-refractivity contribution is 0.0734.